The van der Waals surface area contributed by atoms with Crippen LogP contribution in [0.25, 0.3) is 0 Å². The monoisotopic (exact) mass is 301 g/mol. The van der Waals surface area contributed by atoms with Crippen molar-refractivity contribution in [2.24, 2.45) is 5.92 Å². The zero-order valence-corrected chi connectivity index (χ0v) is 11.7. The first-order chi connectivity index (χ1) is 8.15. The number of hydrogen-bond donors (Lipinski definition) is 1. The van der Waals surface area contributed by atoms with Gasteiger partial charge in [-0.3, -0.25) is 0 Å². The lowest BCUT2D eigenvalue weighted by atomic mass is 10.00. The molecule has 1 aliphatic carbocycles. The molecule has 1 unspecified atom stereocenters. The molecule has 0 spiro atoms. The third kappa shape index (κ3) is 2.99. The van der Waals surface area contributed by atoms with Gasteiger partial charge in [-0.15, -0.1) is 0 Å². The van der Waals surface area contributed by atoms with E-state index in [2.05, 4.69) is 21.2 Å². The summed E-state index contributed by atoms with van der Waals surface area (Å²) in [7, 11) is 3.51. The van der Waals surface area contributed by atoms with E-state index in [9.17, 15) is 4.39 Å². The van der Waals surface area contributed by atoms with Gasteiger partial charge in [0.05, 0.1) is 11.6 Å². The Morgan fingerprint density at radius 1 is 1.53 bits per heavy atom. The van der Waals surface area contributed by atoms with Gasteiger partial charge in [-0.2, -0.15) is 0 Å². The Kier molecular flexibility index (Phi) is 4.05. The second-order valence-electron chi connectivity index (χ2n) is 4.53. The minimum absolute atomic E-state index is 0.231. The molecule has 1 aliphatic rings. The Morgan fingerprint density at radius 3 is 2.76 bits per heavy atom. The molecule has 1 fully saturated rings. The molecule has 0 radical (unpaired) electrons. The number of hydrogen-bond acceptors (Lipinski definition) is 2. The summed E-state index contributed by atoms with van der Waals surface area (Å²) in [5.74, 6) is 1.14. The first kappa shape index (κ1) is 12.8. The summed E-state index contributed by atoms with van der Waals surface area (Å²) in [6.07, 6.45) is 3.71. The molecule has 17 heavy (non-hydrogen) atoms. The van der Waals surface area contributed by atoms with E-state index in [4.69, 9.17) is 4.74 Å². The highest BCUT2D eigenvalue weighted by atomic mass is 79.9. The van der Waals surface area contributed by atoms with Gasteiger partial charge in [-0.25, -0.2) is 4.39 Å². The molecule has 0 saturated heterocycles. The predicted octanol–water partition coefficient (Wildman–Crippen LogP) is 3.66. The average molecular weight is 302 g/mol. The van der Waals surface area contributed by atoms with Crippen LogP contribution in [0.1, 0.15) is 30.9 Å². The quantitative estimate of drug-likeness (QED) is 0.896. The van der Waals surface area contributed by atoms with E-state index in [0.717, 1.165) is 17.9 Å². The molecular weight excluding hydrogens is 285 g/mol. The summed E-state index contributed by atoms with van der Waals surface area (Å²) in [5, 5.41) is 3.29. The Bertz CT molecular complexity index is 407. The van der Waals surface area contributed by atoms with Crippen LogP contribution >= 0.6 is 15.9 Å². The van der Waals surface area contributed by atoms with Crippen LogP contribution in [-0.4, -0.2) is 14.2 Å². The lowest BCUT2D eigenvalue weighted by molar-refractivity contribution is 0.392. The number of rotatable bonds is 5. The highest BCUT2D eigenvalue weighted by molar-refractivity contribution is 9.10. The first-order valence-electron chi connectivity index (χ1n) is 5.86. The lowest BCUT2D eigenvalue weighted by Gasteiger charge is -2.19. The maximum atomic E-state index is 13.4. The Hall–Kier alpha value is -0.610. The van der Waals surface area contributed by atoms with Crippen LogP contribution in [0.2, 0.25) is 0 Å². The summed E-state index contributed by atoms with van der Waals surface area (Å²) >= 11 is 3.23. The van der Waals surface area contributed by atoms with Crippen molar-refractivity contribution in [3.8, 4) is 5.75 Å². The largest absolute Gasteiger partial charge is 0.496 e. The van der Waals surface area contributed by atoms with Crippen molar-refractivity contribution in [3.63, 3.8) is 0 Å². The summed E-state index contributed by atoms with van der Waals surface area (Å²) in [5.41, 5.74) is 1.02. The summed E-state index contributed by atoms with van der Waals surface area (Å²) in [4.78, 5) is 0. The van der Waals surface area contributed by atoms with Gasteiger partial charge in [-0.05, 0) is 41.4 Å². The van der Waals surface area contributed by atoms with Gasteiger partial charge in [0.15, 0.2) is 0 Å². The van der Waals surface area contributed by atoms with E-state index in [1.807, 2.05) is 13.1 Å². The van der Waals surface area contributed by atoms with Gasteiger partial charge in [0.25, 0.3) is 0 Å². The van der Waals surface area contributed by atoms with Crippen molar-refractivity contribution in [1.29, 1.82) is 0 Å². The van der Waals surface area contributed by atoms with Crippen LogP contribution in [-0.2, 0) is 0 Å². The van der Waals surface area contributed by atoms with E-state index in [-0.39, 0.29) is 11.9 Å². The normalized spacial score (nSPS) is 16.9. The summed E-state index contributed by atoms with van der Waals surface area (Å²) in [6.45, 7) is 0. The van der Waals surface area contributed by atoms with E-state index < -0.39 is 0 Å². The fourth-order valence-corrected chi connectivity index (χ4v) is 2.44. The van der Waals surface area contributed by atoms with Gasteiger partial charge in [-0.1, -0.05) is 12.8 Å². The van der Waals surface area contributed by atoms with E-state index in [0.29, 0.717) is 10.2 Å². The van der Waals surface area contributed by atoms with Crippen molar-refractivity contribution < 1.29 is 9.13 Å². The molecule has 1 atom stereocenters. The van der Waals surface area contributed by atoms with Crippen molar-refractivity contribution in [2.45, 2.75) is 25.3 Å². The van der Waals surface area contributed by atoms with Crippen LogP contribution in [0, 0.1) is 11.7 Å². The van der Waals surface area contributed by atoms with E-state index >= 15 is 0 Å². The average Bonchev–Trinajstić information content (AvgIpc) is 3.13. The van der Waals surface area contributed by atoms with Gasteiger partial charge in [0.2, 0.25) is 0 Å². The highest BCUT2D eigenvalue weighted by Gasteiger charge is 2.27. The third-order valence-corrected chi connectivity index (χ3v) is 3.87. The molecule has 0 amide bonds. The molecule has 0 heterocycles. The van der Waals surface area contributed by atoms with E-state index in [1.165, 1.54) is 18.9 Å². The van der Waals surface area contributed by atoms with Crippen molar-refractivity contribution in [1.82, 2.24) is 5.32 Å². The maximum Gasteiger partial charge on any atom is 0.141 e. The minimum atomic E-state index is -0.285. The molecule has 1 saturated carbocycles. The van der Waals surface area contributed by atoms with Crippen LogP contribution in [0.3, 0.4) is 0 Å². The molecule has 2 nitrogen and oxygen atoms in total. The number of halogens is 2. The standard InChI is InChI=1S/C13H17BrFNO/c1-16-12(5-8-3-4-8)9-6-10(14)11(15)7-13(9)17-2/h6-8,12,16H,3-5H2,1-2H3. The second kappa shape index (κ2) is 5.36. The Morgan fingerprint density at radius 2 is 2.24 bits per heavy atom. The highest BCUT2D eigenvalue weighted by Crippen LogP contribution is 2.40. The molecule has 94 valence electrons. The molecule has 1 aromatic rings. The fourth-order valence-electron chi connectivity index (χ4n) is 2.08. The molecule has 1 N–H and O–H groups in total. The van der Waals surface area contributed by atoms with Gasteiger partial charge >= 0.3 is 0 Å². The van der Waals surface area contributed by atoms with E-state index in [1.54, 1.807) is 7.11 Å². The first-order valence-corrected chi connectivity index (χ1v) is 6.65. The summed E-state index contributed by atoms with van der Waals surface area (Å²) < 4.78 is 19.2. The maximum absolute atomic E-state index is 13.4. The fraction of sp³-hybridized carbons (Fsp3) is 0.538. The zero-order chi connectivity index (χ0) is 12.4. The molecule has 0 aliphatic heterocycles. The van der Waals surface area contributed by atoms with Crippen molar-refractivity contribution in [2.75, 3.05) is 14.2 Å². The summed E-state index contributed by atoms with van der Waals surface area (Å²) in [6, 6.07) is 3.49. The van der Waals surface area contributed by atoms with Crippen molar-refractivity contribution >= 4 is 15.9 Å². The van der Waals surface area contributed by atoms with Gasteiger partial charge in [0, 0.05) is 17.7 Å². The number of nitrogens with one attached hydrogen (secondary N) is 1. The molecule has 0 aromatic heterocycles. The minimum Gasteiger partial charge on any atom is -0.496 e. The number of methoxy groups -OCH3 is 1. The number of ether oxygens (including phenoxy) is 1. The van der Waals surface area contributed by atoms with Gasteiger partial charge < -0.3 is 10.1 Å². The van der Waals surface area contributed by atoms with Gasteiger partial charge in [0.1, 0.15) is 11.6 Å². The van der Waals surface area contributed by atoms with Crippen molar-refractivity contribution in [3.05, 3.63) is 28.0 Å². The SMILES string of the molecule is CNC(CC1CC1)c1cc(Br)c(F)cc1OC. The molecule has 2 rings (SSSR count). The smallest absolute Gasteiger partial charge is 0.141 e. The molecule has 0 bridgehead atoms. The molecule has 1 aromatic carbocycles. The third-order valence-electron chi connectivity index (χ3n) is 3.26. The topological polar surface area (TPSA) is 21.3 Å². The molecule has 4 heteroatoms. The second-order valence-corrected chi connectivity index (χ2v) is 5.38. The Labute approximate surface area is 110 Å². The lowest BCUT2D eigenvalue weighted by Crippen LogP contribution is -2.18. The Balaban J connectivity index is 2.29. The van der Waals surface area contributed by atoms with Crippen LogP contribution in [0.15, 0.2) is 16.6 Å². The zero-order valence-electron chi connectivity index (χ0n) is 10.1. The van der Waals surface area contributed by atoms with Crippen LogP contribution in [0.5, 0.6) is 5.75 Å². The molecular formula is C13H17BrFNO. The van der Waals surface area contributed by atoms with Crippen LogP contribution in [0.4, 0.5) is 4.39 Å². The predicted molar refractivity (Wildman–Crippen MR) is 69.8 cm³/mol. The van der Waals surface area contributed by atoms with Crippen LogP contribution < -0.4 is 10.1 Å². The number of benzene rings is 1.